The third-order valence-corrected chi connectivity index (χ3v) is 0.321. The molecule has 0 aliphatic heterocycles. The maximum absolute atomic E-state index is 10.4. The Morgan fingerprint density at radius 2 is 0.667 bits per heavy atom. The number of alkyl halides is 6. The molecule has 9 heavy (non-hydrogen) atoms. The molecule has 0 aromatic carbocycles. The van der Waals surface area contributed by atoms with Crippen LogP contribution in [0.2, 0.25) is 0 Å². The summed E-state index contributed by atoms with van der Waals surface area (Å²) >= 11 is 0. The smallest absolute Gasteiger partial charge is 0.412 e. The SMILES string of the molecule is FC(F)(F)C(F)(F)F.O. The van der Waals surface area contributed by atoms with E-state index in [1.54, 1.807) is 0 Å². The monoisotopic (exact) mass is 156 g/mol. The Balaban J connectivity index is 0. The first-order valence-corrected chi connectivity index (χ1v) is 1.38. The van der Waals surface area contributed by atoms with Crippen molar-refractivity contribution in [2.24, 2.45) is 0 Å². The molecule has 0 heterocycles. The average molecular weight is 156 g/mol. The maximum Gasteiger partial charge on any atom is 0.487 e. The van der Waals surface area contributed by atoms with E-state index in [1.165, 1.54) is 0 Å². The number of hydrogen-bond acceptors (Lipinski definition) is 0. The zero-order valence-corrected chi connectivity index (χ0v) is 3.77. The maximum atomic E-state index is 10.4. The summed E-state index contributed by atoms with van der Waals surface area (Å²) in [6.45, 7) is 0. The van der Waals surface area contributed by atoms with Crippen LogP contribution in [0, 0.1) is 0 Å². The van der Waals surface area contributed by atoms with E-state index in [0.717, 1.165) is 0 Å². The Bertz CT molecular complexity index is 66.0. The summed E-state index contributed by atoms with van der Waals surface area (Å²) in [6, 6.07) is 0. The van der Waals surface area contributed by atoms with Gasteiger partial charge in [0, 0.05) is 0 Å². The van der Waals surface area contributed by atoms with Gasteiger partial charge in [0.15, 0.2) is 0 Å². The molecule has 0 spiro atoms. The summed E-state index contributed by atoms with van der Waals surface area (Å²) in [4.78, 5) is 0. The van der Waals surface area contributed by atoms with Crippen LogP contribution in [0.4, 0.5) is 26.3 Å². The second-order valence-corrected chi connectivity index (χ2v) is 0.996. The lowest BCUT2D eigenvalue weighted by Gasteiger charge is -2.08. The molecule has 2 N–H and O–H groups in total. The van der Waals surface area contributed by atoms with Gasteiger partial charge in [-0.15, -0.1) is 0 Å². The quantitative estimate of drug-likeness (QED) is 0.473. The lowest BCUT2D eigenvalue weighted by Crippen LogP contribution is -2.30. The van der Waals surface area contributed by atoms with E-state index in [-0.39, 0.29) is 5.48 Å². The first-order valence-electron chi connectivity index (χ1n) is 1.38. The Morgan fingerprint density at radius 1 is 0.556 bits per heavy atom. The molecule has 0 atom stereocenters. The minimum atomic E-state index is -6.06. The first-order chi connectivity index (χ1) is 3.25. The van der Waals surface area contributed by atoms with E-state index in [9.17, 15) is 26.3 Å². The fraction of sp³-hybridized carbons (Fsp3) is 1.00. The third kappa shape index (κ3) is 3.17. The van der Waals surface area contributed by atoms with Crippen LogP contribution < -0.4 is 0 Å². The molecule has 0 rings (SSSR count). The van der Waals surface area contributed by atoms with E-state index < -0.39 is 12.4 Å². The summed E-state index contributed by atoms with van der Waals surface area (Å²) in [5.41, 5.74) is 0. The van der Waals surface area contributed by atoms with E-state index in [2.05, 4.69) is 0 Å². The molecule has 0 unspecified atom stereocenters. The van der Waals surface area contributed by atoms with E-state index >= 15 is 0 Å². The summed E-state index contributed by atoms with van der Waals surface area (Å²) in [5, 5.41) is 0. The van der Waals surface area contributed by atoms with Gasteiger partial charge in [0.05, 0.1) is 0 Å². The van der Waals surface area contributed by atoms with Crippen molar-refractivity contribution in [3.05, 3.63) is 0 Å². The minimum absolute atomic E-state index is 0. The van der Waals surface area contributed by atoms with Crippen LogP contribution in [0.3, 0.4) is 0 Å². The zero-order valence-electron chi connectivity index (χ0n) is 3.77. The molecule has 0 aromatic rings. The van der Waals surface area contributed by atoms with Crippen molar-refractivity contribution in [1.29, 1.82) is 0 Å². The van der Waals surface area contributed by atoms with Crippen molar-refractivity contribution >= 4 is 0 Å². The predicted octanol–water partition coefficient (Wildman–Crippen LogP) is 1.29. The van der Waals surface area contributed by atoms with Crippen molar-refractivity contribution < 1.29 is 31.8 Å². The molecule has 0 amide bonds. The third-order valence-electron chi connectivity index (χ3n) is 0.321. The van der Waals surface area contributed by atoms with Gasteiger partial charge in [0.25, 0.3) is 0 Å². The Labute approximate surface area is 45.6 Å². The van der Waals surface area contributed by atoms with Crippen LogP contribution in [0.5, 0.6) is 0 Å². The number of halogens is 6. The number of hydrogen-bond donors (Lipinski definition) is 0. The summed E-state index contributed by atoms with van der Waals surface area (Å²) in [6.07, 6.45) is -12.1. The van der Waals surface area contributed by atoms with Gasteiger partial charge in [-0.05, 0) is 0 Å². The second kappa shape index (κ2) is 2.42. The van der Waals surface area contributed by atoms with Crippen LogP contribution >= 0.6 is 0 Å². The summed E-state index contributed by atoms with van der Waals surface area (Å²) in [7, 11) is 0. The van der Waals surface area contributed by atoms with Crippen LogP contribution in [0.1, 0.15) is 0 Å². The molecule has 0 bridgehead atoms. The molecule has 0 aliphatic rings. The van der Waals surface area contributed by atoms with Gasteiger partial charge in [-0.3, -0.25) is 0 Å². The molecular formula is C2H2F6O. The standard InChI is InChI=1S/C2F6.H2O/c3-1(4,5)2(6,7)8;/h;1H2. The minimum Gasteiger partial charge on any atom is -0.412 e. The van der Waals surface area contributed by atoms with Crippen molar-refractivity contribution in [3.63, 3.8) is 0 Å². The highest BCUT2D eigenvalue weighted by molar-refractivity contribution is 4.59. The normalized spacial score (nSPS) is 12.7. The van der Waals surface area contributed by atoms with E-state index in [1.807, 2.05) is 0 Å². The summed E-state index contributed by atoms with van der Waals surface area (Å²) in [5.74, 6) is 0. The molecule has 7 heteroatoms. The van der Waals surface area contributed by atoms with Gasteiger partial charge in [-0.25, -0.2) is 0 Å². The molecule has 1 nitrogen and oxygen atoms in total. The Morgan fingerprint density at radius 3 is 0.667 bits per heavy atom. The number of rotatable bonds is 0. The molecule has 0 aromatic heterocycles. The topological polar surface area (TPSA) is 31.5 Å². The van der Waals surface area contributed by atoms with Crippen LogP contribution in [0.15, 0.2) is 0 Å². The van der Waals surface area contributed by atoms with Crippen molar-refractivity contribution in [1.82, 2.24) is 0 Å². The lowest BCUT2D eigenvalue weighted by molar-refractivity contribution is -0.339. The molecule has 0 fully saturated rings. The van der Waals surface area contributed by atoms with Gasteiger partial charge >= 0.3 is 12.4 Å². The highest BCUT2D eigenvalue weighted by Gasteiger charge is 2.58. The van der Waals surface area contributed by atoms with Gasteiger partial charge < -0.3 is 5.48 Å². The average Bonchev–Trinajstić information content (AvgIpc) is 1.25. The molecular weight excluding hydrogens is 154 g/mol. The lowest BCUT2D eigenvalue weighted by atomic mass is 10.7. The van der Waals surface area contributed by atoms with E-state index in [0.29, 0.717) is 0 Å². The fourth-order valence-electron chi connectivity index (χ4n) is 0. The molecule has 0 saturated carbocycles. The van der Waals surface area contributed by atoms with Crippen molar-refractivity contribution in [2.75, 3.05) is 0 Å². The first kappa shape index (κ1) is 11.4. The highest BCUT2D eigenvalue weighted by Crippen LogP contribution is 2.35. The van der Waals surface area contributed by atoms with Gasteiger partial charge in [0.1, 0.15) is 0 Å². The summed E-state index contributed by atoms with van der Waals surface area (Å²) < 4.78 is 62.6. The van der Waals surface area contributed by atoms with Gasteiger partial charge in [-0.2, -0.15) is 26.3 Å². The highest BCUT2D eigenvalue weighted by atomic mass is 19.5. The fourth-order valence-corrected chi connectivity index (χ4v) is 0. The second-order valence-electron chi connectivity index (χ2n) is 0.996. The van der Waals surface area contributed by atoms with Gasteiger partial charge in [0.2, 0.25) is 0 Å². The van der Waals surface area contributed by atoms with Crippen molar-refractivity contribution in [3.8, 4) is 0 Å². The molecule has 58 valence electrons. The van der Waals surface area contributed by atoms with Crippen LogP contribution in [0.25, 0.3) is 0 Å². The van der Waals surface area contributed by atoms with Crippen LogP contribution in [-0.2, 0) is 0 Å². The van der Waals surface area contributed by atoms with E-state index in [4.69, 9.17) is 0 Å². The van der Waals surface area contributed by atoms with Crippen molar-refractivity contribution in [2.45, 2.75) is 12.4 Å². The predicted molar refractivity (Wildman–Crippen MR) is 15.7 cm³/mol. The van der Waals surface area contributed by atoms with Gasteiger partial charge in [-0.1, -0.05) is 0 Å². The van der Waals surface area contributed by atoms with Crippen LogP contribution in [-0.4, -0.2) is 17.8 Å². The Hall–Kier alpha value is -0.460. The largest absolute Gasteiger partial charge is 0.487 e. The molecule has 0 aliphatic carbocycles. The Kier molecular flexibility index (Phi) is 3.05. The molecule has 0 saturated heterocycles. The molecule has 0 radical (unpaired) electrons. The zero-order chi connectivity index (χ0) is 7.00.